The molecule has 2 aliphatic heterocycles. The molecule has 2 aromatic rings. The Hall–Kier alpha value is -2.04. The van der Waals surface area contributed by atoms with E-state index in [0.717, 1.165) is 44.3 Å². The van der Waals surface area contributed by atoms with Gasteiger partial charge in [-0.25, -0.2) is 22.2 Å². The Morgan fingerprint density at radius 2 is 1.91 bits per heavy atom. The summed E-state index contributed by atoms with van der Waals surface area (Å²) >= 11 is 6.19. The molecule has 0 aliphatic carbocycles. The van der Waals surface area contributed by atoms with Gasteiger partial charge in [0, 0.05) is 25.7 Å². The molecule has 0 radical (unpaired) electrons. The number of halogens is 4. The highest BCUT2D eigenvalue weighted by Crippen LogP contribution is 2.40. The van der Waals surface area contributed by atoms with E-state index < -0.39 is 43.3 Å². The molecule has 174 valence electrons. The molecule has 2 saturated heterocycles. The summed E-state index contributed by atoms with van der Waals surface area (Å²) in [6.45, 7) is 6.25. The third-order valence-electron chi connectivity index (χ3n) is 6.02. The van der Waals surface area contributed by atoms with E-state index in [-0.39, 0.29) is 11.1 Å². The van der Waals surface area contributed by atoms with Crippen molar-refractivity contribution < 1.29 is 21.6 Å². The summed E-state index contributed by atoms with van der Waals surface area (Å²) in [7, 11) is -4.73. The molecule has 1 aromatic heterocycles. The molecule has 0 unspecified atom stereocenters. The molecule has 1 N–H and O–H groups in total. The van der Waals surface area contributed by atoms with Crippen molar-refractivity contribution in [1.29, 1.82) is 0 Å². The Bertz CT molecular complexity index is 1130. The van der Waals surface area contributed by atoms with Crippen LogP contribution in [0.2, 0.25) is 5.02 Å². The minimum Gasteiger partial charge on any atom is -0.370 e. The maximum Gasteiger partial charge on any atom is 0.268 e. The average Bonchev–Trinajstić information content (AvgIpc) is 3.34. The van der Waals surface area contributed by atoms with Crippen LogP contribution in [0.5, 0.6) is 0 Å². The second kappa shape index (κ2) is 8.72. The second-order valence-corrected chi connectivity index (χ2v) is 10.7. The van der Waals surface area contributed by atoms with Crippen LogP contribution in [-0.2, 0) is 10.0 Å². The predicted octanol–water partition coefficient (Wildman–Crippen LogP) is 4.27. The number of nitrogens with zero attached hydrogens (tertiary/aromatic N) is 3. The van der Waals surface area contributed by atoms with Crippen LogP contribution in [-0.4, -0.2) is 51.0 Å². The minimum atomic E-state index is -4.73. The van der Waals surface area contributed by atoms with E-state index >= 15 is 4.39 Å². The van der Waals surface area contributed by atoms with Crippen LogP contribution in [0.15, 0.2) is 29.2 Å². The van der Waals surface area contributed by atoms with Crippen molar-refractivity contribution in [3.63, 3.8) is 0 Å². The lowest BCUT2D eigenvalue weighted by molar-refractivity contribution is 0.211. The Kier molecular flexibility index (Phi) is 6.30. The van der Waals surface area contributed by atoms with E-state index in [1.807, 2.05) is 4.72 Å². The predicted molar refractivity (Wildman–Crippen MR) is 117 cm³/mol. The van der Waals surface area contributed by atoms with Gasteiger partial charge in [0.2, 0.25) is 5.95 Å². The number of aromatic nitrogens is 1. The van der Waals surface area contributed by atoms with E-state index in [4.69, 9.17) is 11.6 Å². The van der Waals surface area contributed by atoms with Gasteiger partial charge in [0.05, 0.1) is 5.69 Å². The first-order chi connectivity index (χ1) is 15.1. The number of hydrogen-bond acceptors (Lipinski definition) is 5. The van der Waals surface area contributed by atoms with Crippen LogP contribution in [0.4, 0.5) is 24.7 Å². The molecule has 4 rings (SSSR count). The van der Waals surface area contributed by atoms with Gasteiger partial charge >= 0.3 is 0 Å². The summed E-state index contributed by atoms with van der Waals surface area (Å²) in [6.07, 6.45) is 3.18. The molecule has 0 spiro atoms. The van der Waals surface area contributed by atoms with Gasteiger partial charge in [0.15, 0.2) is 10.7 Å². The molecule has 1 atom stereocenters. The van der Waals surface area contributed by atoms with Crippen LogP contribution >= 0.6 is 11.6 Å². The third kappa shape index (κ3) is 4.67. The Balaban J connectivity index is 1.59. The van der Waals surface area contributed by atoms with Crippen molar-refractivity contribution in [2.24, 2.45) is 5.41 Å². The molecule has 0 bridgehead atoms. The van der Waals surface area contributed by atoms with Gasteiger partial charge in [-0.3, -0.25) is 4.72 Å². The number of sulfonamides is 1. The van der Waals surface area contributed by atoms with Crippen molar-refractivity contribution in [3.05, 3.63) is 46.9 Å². The van der Waals surface area contributed by atoms with E-state index in [0.29, 0.717) is 13.1 Å². The summed E-state index contributed by atoms with van der Waals surface area (Å²) in [5.74, 6) is -4.01. The summed E-state index contributed by atoms with van der Waals surface area (Å²) in [5, 5.41) is -0.468. The van der Waals surface area contributed by atoms with E-state index in [1.165, 1.54) is 18.9 Å². The first-order valence-electron chi connectivity index (χ1n) is 10.4. The number of rotatable bonds is 6. The summed E-state index contributed by atoms with van der Waals surface area (Å²) in [5.41, 5.74) is 0.0605. The first kappa shape index (κ1) is 23.1. The fraction of sp³-hybridized carbons (Fsp3) is 0.476. The zero-order valence-corrected chi connectivity index (χ0v) is 19.1. The number of anilines is 2. The third-order valence-corrected chi connectivity index (χ3v) is 7.77. The largest absolute Gasteiger partial charge is 0.370 e. The molecular weight excluding hydrogens is 465 g/mol. The molecular formula is C21H24ClF3N4O2S. The number of hydrogen-bond donors (Lipinski definition) is 1. The van der Waals surface area contributed by atoms with Crippen LogP contribution in [0.25, 0.3) is 0 Å². The molecule has 32 heavy (non-hydrogen) atoms. The van der Waals surface area contributed by atoms with Crippen LogP contribution in [0.3, 0.4) is 0 Å². The number of benzene rings is 1. The van der Waals surface area contributed by atoms with E-state index in [1.54, 1.807) is 4.90 Å². The second-order valence-electron chi connectivity index (χ2n) is 8.75. The highest BCUT2D eigenvalue weighted by molar-refractivity contribution is 7.92. The quantitative estimate of drug-likeness (QED) is 0.486. The summed E-state index contributed by atoms with van der Waals surface area (Å²) < 4.78 is 70.3. The van der Waals surface area contributed by atoms with Crippen molar-refractivity contribution in [2.45, 2.75) is 31.1 Å². The lowest BCUT2D eigenvalue weighted by atomic mass is 9.89. The summed E-state index contributed by atoms with van der Waals surface area (Å²) in [6, 6.07) is 4.34. The van der Waals surface area contributed by atoms with Crippen LogP contribution in [0.1, 0.15) is 26.2 Å². The maximum absolute atomic E-state index is 15.1. The van der Waals surface area contributed by atoms with Crippen molar-refractivity contribution in [3.8, 4) is 0 Å². The van der Waals surface area contributed by atoms with Gasteiger partial charge in [-0.2, -0.15) is 4.39 Å². The topological polar surface area (TPSA) is 65.5 Å². The normalized spacial score (nSPS) is 22.0. The van der Waals surface area contributed by atoms with Crippen molar-refractivity contribution >= 4 is 33.1 Å². The Labute approximate surface area is 190 Å². The number of nitrogens with one attached hydrogen (secondary N) is 1. The monoisotopic (exact) mass is 488 g/mol. The molecule has 3 heterocycles. The Morgan fingerprint density at radius 3 is 2.59 bits per heavy atom. The molecule has 0 amide bonds. The van der Waals surface area contributed by atoms with E-state index in [2.05, 4.69) is 16.8 Å². The van der Waals surface area contributed by atoms with Gasteiger partial charge in [0.1, 0.15) is 16.7 Å². The smallest absolute Gasteiger partial charge is 0.268 e. The first-order valence-corrected chi connectivity index (χ1v) is 12.2. The molecule has 2 fully saturated rings. The lowest BCUT2D eigenvalue weighted by Gasteiger charge is -2.30. The molecule has 6 nitrogen and oxygen atoms in total. The zero-order chi connectivity index (χ0) is 23.1. The van der Waals surface area contributed by atoms with Gasteiger partial charge in [0.25, 0.3) is 10.0 Å². The Morgan fingerprint density at radius 1 is 1.19 bits per heavy atom. The molecule has 1 aromatic carbocycles. The standard InChI is InChI=1S/C21H24ClF3N4O2S/c1-21(12-28-8-2-3-9-28)7-10-29(13-21)15-11-14(23)20(19(25)18(15)22)32(30,31)27-17-6-4-5-16(24)26-17/h4-6,11H,2-3,7-10,12-13H2,1H3,(H,26,27)/t21-/m0/s1. The van der Waals surface area contributed by atoms with Crippen LogP contribution < -0.4 is 9.62 Å². The number of likely N-dealkylation sites (tertiary alicyclic amines) is 1. The molecule has 0 saturated carbocycles. The highest BCUT2D eigenvalue weighted by Gasteiger charge is 2.38. The fourth-order valence-electron chi connectivity index (χ4n) is 4.54. The van der Waals surface area contributed by atoms with Gasteiger partial charge < -0.3 is 9.80 Å². The van der Waals surface area contributed by atoms with Gasteiger partial charge in [-0.15, -0.1) is 0 Å². The van der Waals surface area contributed by atoms with Crippen molar-refractivity contribution in [2.75, 3.05) is 42.3 Å². The fourth-order valence-corrected chi connectivity index (χ4v) is 6.00. The molecule has 2 aliphatic rings. The average molecular weight is 489 g/mol. The van der Waals surface area contributed by atoms with Crippen LogP contribution in [0, 0.1) is 23.0 Å². The molecule has 11 heteroatoms. The number of pyridine rings is 1. The maximum atomic E-state index is 15.1. The van der Waals surface area contributed by atoms with Gasteiger partial charge in [-0.1, -0.05) is 24.6 Å². The van der Waals surface area contributed by atoms with E-state index in [9.17, 15) is 17.2 Å². The van der Waals surface area contributed by atoms with Gasteiger partial charge in [-0.05, 0) is 49.9 Å². The SMILES string of the molecule is C[C@@]1(CN2CCCC2)CCN(c2cc(F)c(S(=O)(=O)Nc3cccc(F)n3)c(F)c2Cl)C1. The minimum absolute atomic E-state index is 0.0595. The van der Waals surface area contributed by atoms with Crippen molar-refractivity contribution in [1.82, 2.24) is 9.88 Å². The highest BCUT2D eigenvalue weighted by atomic mass is 35.5. The lowest BCUT2D eigenvalue weighted by Crippen LogP contribution is -2.36. The summed E-state index contributed by atoms with van der Waals surface area (Å²) in [4.78, 5) is 6.32. The zero-order valence-electron chi connectivity index (χ0n) is 17.5.